The third-order valence-electron chi connectivity index (χ3n) is 1.83. The Balaban J connectivity index is 2.85. The van der Waals surface area contributed by atoms with E-state index in [1.54, 1.807) is 11.3 Å². The summed E-state index contributed by atoms with van der Waals surface area (Å²) in [5.41, 5.74) is 0.403. The van der Waals surface area contributed by atoms with Crippen molar-refractivity contribution in [2.45, 2.75) is 25.9 Å². The summed E-state index contributed by atoms with van der Waals surface area (Å²) in [4.78, 5) is 0. The van der Waals surface area contributed by atoms with E-state index in [0.717, 1.165) is 12.0 Å². The molecule has 0 aromatic carbocycles. The molecule has 1 nitrogen and oxygen atoms in total. The zero-order valence-corrected chi connectivity index (χ0v) is 7.11. The number of rotatable bonds is 2. The quantitative estimate of drug-likeness (QED) is 0.697. The fourth-order valence-electron chi connectivity index (χ4n) is 0.775. The van der Waals surface area contributed by atoms with Gasteiger partial charge in [0.25, 0.3) is 0 Å². The van der Waals surface area contributed by atoms with Gasteiger partial charge in [-0.05, 0) is 35.7 Å². The molecule has 0 unspecified atom stereocenters. The zero-order chi connectivity index (χ0) is 7.61. The molecule has 0 amide bonds. The van der Waals surface area contributed by atoms with Crippen LogP contribution in [0.15, 0.2) is 16.8 Å². The predicted octanol–water partition coefficient (Wildman–Crippen LogP) is 2.37. The lowest BCUT2D eigenvalue weighted by Crippen LogP contribution is -2.18. The summed E-state index contributed by atoms with van der Waals surface area (Å²) in [7, 11) is 0. The third-order valence-corrected chi connectivity index (χ3v) is 2.51. The summed E-state index contributed by atoms with van der Waals surface area (Å²) in [6, 6.07) is 1.97. The summed E-state index contributed by atoms with van der Waals surface area (Å²) in [5.74, 6) is 0. The maximum Gasteiger partial charge on any atom is 0.0873 e. The van der Waals surface area contributed by atoms with Crippen LogP contribution in [0.5, 0.6) is 0 Å². The molecule has 1 heterocycles. The molecule has 1 rings (SSSR count). The molecule has 0 spiro atoms. The van der Waals surface area contributed by atoms with Crippen LogP contribution in [0.4, 0.5) is 0 Å². The Morgan fingerprint density at radius 3 is 2.80 bits per heavy atom. The van der Waals surface area contributed by atoms with Crippen molar-refractivity contribution in [2.75, 3.05) is 0 Å². The third kappa shape index (κ3) is 1.39. The Morgan fingerprint density at radius 1 is 1.70 bits per heavy atom. The maximum absolute atomic E-state index is 9.69. The van der Waals surface area contributed by atoms with Crippen LogP contribution in [0.3, 0.4) is 0 Å². The molecule has 56 valence electrons. The second-order valence-electron chi connectivity index (χ2n) is 2.64. The minimum absolute atomic E-state index is 0.625. The summed E-state index contributed by atoms with van der Waals surface area (Å²) in [6.07, 6.45) is 0.768. The predicted molar refractivity (Wildman–Crippen MR) is 44.2 cm³/mol. The van der Waals surface area contributed by atoms with Gasteiger partial charge in [-0.15, -0.1) is 0 Å². The van der Waals surface area contributed by atoms with E-state index in [1.807, 2.05) is 30.7 Å². The smallest absolute Gasteiger partial charge is 0.0873 e. The highest BCUT2D eigenvalue weighted by molar-refractivity contribution is 7.08. The van der Waals surface area contributed by atoms with E-state index in [2.05, 4.69) is 0 Å². The molecule has 2 heteroatoms. The van der Waals surface area contributed by atoms with Crippen molar-refractivity contribution in [3.8, 4) is 0 Å². The molecule has 0 saturated carbocycles. The highest BCUT2D eigenvalue weighted by atomic mass is 32.1. The molecule has 0 saturated heterocycles. The van der Waals surface area contributed by atoms with Gasteiger partial charge in [0.1, 0.15) is 0 Å². The van der Waals surface area contributed by atoms with Gasteiger partial charge in [0.05, 0.1) is 5.60 Å². The van der Waals surface area contributed by atoms with Gasteiger partial charge < -0.3 is 5.11 Å². The van der Waals surface area contributed by atoms with Crippen LogP contribution in [0, 0.1) is 0 Å². The van der Waals surface area contributed by atoms with Gasteiger partial charge in [-0.3, -0.25) is 0 Å². The molecule has 1 aromatic heterocycles. The first-order valence-corrected chi connectivity index (χ1v) is 4.36. The monoisotopic (exact) mass is 156 g/mol. The normalized spacial score (nSPS) is 16.7. The Morgan fingerprint density at radius 2 is 2.40 bits per heavy atom. The van der Waals surface area contributed by atoms with Gasteiger partial charge in [-0.25, -0.2) is 0 Å². The largest absolute Gasteiger partial charge is 0.385 e. The lowest BCUT2D eigenvalue weighted by molar-refractivity contribution is 0.0535. The summed E-state index contributed by atoms with van der Waals surface area (Å²) < 4.78 is 0. The molecule has 0 radical (unpaired) electrons. The molecule has 0 aliphatic rings. The highest BCUT2D eigenvalue weighted by Gasteiger charge is 2.19. The first-order valence-electron chi connectivity index (χ1n) is 3.42. The van der Waals surface area contributed by atoms with E-state index in [0.29, 0.717) is 0 Å². The van der Waals surface area contributed by atoms with Gasteiger partial charge in [-0.1, -0.05) is 6.92 Å². The number of hydrogen-bond acceptors (Lipinski definition) is 2. The van der Waals surface area contributed by atoms with Crippen LogP contribution in [-0.2, 0) is 5.60 Å². The first kappa shape index (κ1) is 7.76. The van der Waals surface area contributed by atoms with Crippen LogP contribution in [0.2, 0.25) is 0 Å². The lowest BCUT2D eigenvalue weighted by atomic mass is 9.97. The molecular weight excluding hydrogens is 144 g/mol. The average molecular weight is 156 g/mol. The van der Waals surface area contributed by atoms with Gasteiger partial charge in [-0.2, -0.15) is 11.3 Å². The van der Waals surface area contributed by atoms with Crippen LogP contribution in [-0.4, -0.2) is 5.11 Å². The molecule has 1 aromatic rings. The topological polar surface area (TPSA) is 20.2 Å². The molecule has 10 heavy (non-hydrogen) atoms. The van der Waals surface area contributed by atoms with Crippen molar-refractivity contribution in [2.24, 2.45) is 0 Å². The van der Waals surface area contributed by atoms with Crippen LogP contribution in [0.25, 0.3) is 0 Å². The fraction of sp³-hybridized carbons (Fsp3) is 0.500. The molecule has 0 fully saturated rings. The standard InChI is InChI=1S/C8H12OS/c1-3-8(2,9)7-4-5-10-6-7/h4-6,9H,3H2,1-2H3/t8-/m0/s1. The van der Waals surface area contributed by atoms with E-state index < -0.39 is 5.60 Å². The van der Waals surface area contributed by atoms with E-state index in [-0.39, 0.29) is 0 Å². The molecular formula is C8H12OS. The Hall–Kier alpha value is -0.340. The first-order chi connectivity index (χ1) is 4.67. The van der Waals surface area contributed by atoms with E-state index in [1.165, 1.54) is 0 Å². The Bertz CT molecular complexity index is 189. The van der Waals surface area contributed by atoms with Gasteiger partial charge in [0, 0.05) is 0 Å². The Kier molecular flexibility index (Phi) is 2.11. The van der Waals surface area contributed by atoms with Crippen molar-refractivity contribution in [3.05, 3.63) is 22.4 Å². The average Bonchev–Trinajstić information content (AvgIpc) is 2.38. The van der Waals surface area contributed by atoms with E-state index in [4.69, 9.17) is 0 Å². The second kappa shape index (κ2) is 2.72. The van der Waals surface area contributed by atoms with Crippen LogP contribution < -0.4 is 0 Å². The number of hydrogen-bond donors (Lipinski definition) is 1. The maximum atomic E-state index is 9.69. The molecule has 1 N–H and O–H groups in total. The van der Waals surface area contributed by atoms with E-state index in [9.17, 15) is 5.11 Å². The second-order valence-corrected chi connectivity index (χ2v) is 3.42. The minimum Gasteiger partial charge on any atom is -0.385 e. The number of thiophene rings is 1. The summed E-state index contributed by atoms with van der Waals surface area (Å²) >= 11 is 1.62. The SMILES string of the molecule is CC[C@](C)(O)c1ccsc1. The van der Waals surface area contributed by atoms with Crippen LogP contribution in [0.1, 0.15) is 25.8 Å². The number of aliphatic hydroxyl groups is 1. The highest BCUT2D eigenvalue weighted by Crippen LogP contribution is 2.25. The van der Waals surface area contributed by atoms with E-state index >= 15 is 0 Å². The minimum atomic E-state index is -0.625. The molecule has 0 aliphatic heterocycles. The van der Waals surface area contributed by atoms with Gasteiger partial charge in [0.15, 0.2) is 0 Å². The fourth-order valence-corrected chi connectivity index (χ4v) is 1.56. The molecule has 1 atom stereocenters. The zero-order valence-electron chi connectivity index (χ0n) is 6.29. The molecule has 0 aliphatic carbocycles. The van der Waals surface area contributed by atoms with Crippen molar-refractivity contribution in [1.82, 2.24) is 0 Å². The Labute approximate surface area is 65.3 Å². The summed E-state index contributed by atoms with van der Waals surface area (Å²) in [5, 5.41) is 13.7. The van der Waals surface area contributed by atoms with Gasteiger partial charge >= 0.3 is 0 Å². The summed E-state index contributed by atoms with van der Waals surface area (Å²) in [6.45, 7) is 3.83. The van der Waals surface area contributed by atoms with Crippen molar-refractivity contribution < 1.29 is 5.11 Å². The van der Waals surface area contributed by atoms with Crippen LogP contribution >= 0.6 is 11.3 Å². The van der Waals surface area contributed by atoms with Gasteiger partial charge in [0.2, 0.25) is 0 Å². The lowest BCUT2D eigenvalue weighted by Gasteiger charge is -2.19. The van der Waals surface area contributed by atoms with Crippen molar-refractivity contribution >= 4 is 11.3 Å². The van der Waals surface area contributed by atoms with Crippen molar-refractivity contribution in [3.63, 3.8) is 0 Å². The molecule has 0 bridgehead atoms. The van der Waals surface area contributed by atoms with Crippen molar-refractivity contribution in [1.29, 1.82) is 0 Å².